The van der Waals surface area contributed by atoms with Crippen molar-refractivity contribution in [2.24, 2.45) is 11.3 Å². The number of carbonyl (C=O) groups excluding carboxylic acids is 2. The number of piperidine rings is 1. The third kappa shape index (κ3) is 5.63. The number of tetrazole rings is 1. The quantitative estimate of drug-likeness (QED) is 0.727. The first-order chi connectivity index (χ1) is 14.2. The third-order valence-corrected chi connectivity index (χ3v) is 5.38. The van der Waals surface area contributed by atoms with Crippen LogP contribution in [0.3, 0.4) is 0 Å². The van der Waals surface area contributed by atoms with Crippen LogP contribution in [0.2, 0.25) is 0 Å². The normalized spacial score (nSPS) is 19.5. The van der Waals surface area contributed by atoms with Gasteiger partial charge in [-0.3, -0.25) is 14.5 Å². The van der Waals surface area contributed by atoms with Crippen molar-refractivity contribution in [3.8, 4) is 0 Å². The van der Waals surface area contributed by atoms with Gasteiger partial charge in [-0.15, -0.1) is 10.2 Å². The highest BCUT2D eigenvalue weighted by Gasteiger charge is 2.38. The van der Waals surface area contributed by atoms with E-state index in [9.17, 15) is 9.59 Å². The van der Waals surface area contributed by atoms with Crippen molar-refractivity contribution in [3.05, 3.63) is 42.2 Å². The molecule has 1 aliphatic heterocycles. The van der Waals surface area contributed by atoms with Crippen molar-refractivity contribution in [3.63, 3.8) is 0 Å². The topological polar surface area (TPSA) is 96.2 Å². The smallest absolute Gasteiger partial charge is 0.244 e. The van der Waals surface area contributed by atoms with E-state index in [0.717, 1.165) is 12.0 Å². The van der Waals surface area contributed by atoms with Gasteiger partial charge in [0.25, 0.3) is 0 Å². The summed E-state index contributed by atoms with van der Waals surface area (Å²) < 4.78 is 0. The molecule has 162 valence electrons. The molecule has 2 amide bonds. The summed E-state index contributed by atoms with van der Waals surface area (Å²) in [4.78, 5) is 30.8. The number of nitrogens with zero attached hydrogens (tertiary/aromatic N) is 6. The Hall–Kier alpha value is -2.81. The molecule has 2 aromatic rings. The van der Waals surface area contributed by atoms with Crippen molar-refractivity contribution >= 4 is 11.8 Å². The Morgan fingerprint density at radius 2 is 2.00 bits per heavy atom. The van der Waals surface area contributed by atoms with Crippen molar-refractivity contribution in [1.82, 2.24) is 35.3 Å². The molecule has 1 aromatic heterocycles. The molecule has 0 bridgehead atoms. The monoisotopic (exact) mass is 413 g/mol. The highest BCUT2D eigenvalue weighted by molar-refractivity contribution is 5.83. The predicted octanol–water partition coefficient (Wildman–Crippen LogP) is 0.967. The summed E-state index contributed by atoms with van der Waals surface area (Å²) in [6.07, 6.45) is 2.24. The van der Waals surface area contributed by atoms with E-state index in [-0.39, 0.29) is 35.7 Å². The van der Waals surface area contributed by atoms with Gasteiger partial charge in [0.2, 0.25) is 11.8 Å². The summed E-state index contributed by atoms with van der Waals surface area (Å²) in [6, 6.07) is 9.54. The number of likely N-dealkylation sites (N-methyl/N-ethyl adjacent to an activating group) is 1. The Kier molecular flexibility index (Phi) is 6.81. The largest absolute Gasteiger partial charge is 0.354 e. The second-order valence-corrected chi connectivity index (χ2v) is 9.00. The Morgan fingerprint density at radius 3 is 2.63 bits per heavy atom. The molecule has 2 atom stereocenters. The van der Waals surface area contributed by atoms with E-state index in [0.29, 0.717) is 19.6 Å². The molecule has 0 spiro atoms. The second-order valence-electron chi connectivity index (χ2n) is 9.00. The molecular formula is C21H31N7O2. The van der Waals surface area contributed by atoms with Gasteiger partial charge in [-0.2, -0.15) is 4.80 Å². The summed E-state index contributed by atoms with van der Waals surface area (Å²) in [5, 5.41) is 14.1. The fourth-order valence-corrected chi connectivity index (χ4v) is 4.28. The molecule has 1 fully saturated rings. The number of aromatic nitrogens is 4. The first kappa shape index (κ1) is 21.9. The number of hydrogen-bond acceptors (Lipinski definition) is 6. The van der Waals surface area contributed by atoms with Gasteiger partial charge in [0.05, 0.1) is 0 Å². The van der Waals surface area contributed by atoms with Crippen LogP contribution in [-0.2, 0) is 16.1 Å². The summed E-state index contributed by atoms with van der Waals surface area (Å²) >= 11 is 0. The molecule has 2 unspecified atom stereocenters. The number of rotatable bonds is 7. The van der Waals surface area contributed by atoms with Gasteiger partial charge in [0.1, 0.15) is 12.6 Å². The first-order valence-corrected chi connectivity index (χ1v) is 10.2. The summed E-state index contributed by atoms with van der Waals surface area (Å²) in [5.41, 5.74) is 0.964. The van der Waals surface area contributed by atoms with Gasteiger partial charge in [-0.1, -0.05) is 44.2 Å². The molecule has 1 N–H and O–H groups in total. The van der Waals surface area contributed by atoms with Crippen LogP contribution in [0.1, 0.15) is 31.9 Å². The molecule has 0 radical (unpaired) electrons. The van der Waals surface area contributed by atoms with Gasteiger partial charge in [-0.25, -0.2) is 0 Å². The van der Waals surface area contributed by atoms with Crippen LogP contribution in [-0.4, -0.2) is 75.6 Å². The van der Waals surface area contributed by atoms with Crippen molar-refractivity contribution in [1.29, 1.82) is 0 Å². The molecule has 9 heteroatoms. The number of likely N-dealkylation sites (tertiary alicyclic amines) is 1. The molecule has 0 saturated carbocycles. The SMILES string of the molecule is CN(C)C(C(=O)N1CC(CNC(=O)Cn2ncnn2)CC(C)(C)C1)c1ccccc1. The van der Waals surface area contributed by atoms with Crippen molar-refractivity contribution in [2.45, 2.75) is 32.9 Å². The zero-order chi connectivity index (χ0) is 21.7. The van der Waals surface area contributed by atoms with Gasteiger partial charge in [0, 0.05) is 19.6 Å². The Morgan fingerprint density at radius 1 is 1.27 bits per heavy atom. The fraction of sp³-hybridized carbons (Fsp3) is 0.571. The summed E-state index contributed by atoms with van der Waals surface area (Å²) in [5.74, 6) is 0.121. The zero-order valence-corrected chi connectivity index (χ0v) is 18.2. The van der Waals surface area contributed by atoms with Crippen LogP contribution in [0.15, 0.2) is 36.7 Å². The lowest BCUT2D eigenvalue weighted by atomic mass is 9.78. The first-order valence-electron chi connectivity index (χ1n) is 10.2. The summed E-state index contributed by atoms with van der Waals surface area (Å²) in [6.45, 7) is 6.23. The fourth-order valence-electron chi connectivity index (χ4n) is 4.28. The minimum Gasteiger partial charge on any atom is -0.354 e. The number of benzene rings is 1. The highest BCUT2D eigenvalue weighted by atomic mass is 16.2. The Balaban J connectivity index is 1.66. The second kappa shape index (κ2) is 9.34. The predicted molar refractivity (Wildman–Crippen MR) is 112 cm³/mol. The van der Waals surface area contributed by atoms with E-state index in [4.69, 9.17) is 0 Å². The molecule has 1 saturated heterocycles. The maximum Gasteiger partial charge on any atom is 0.244 e. The minimum absolute atomic E-state index is 0.0235. The number of hydrogen-bond donors (Lipinski definition) is 1. The van der Waals surface area contributed by atoms with E-state index in [1.165, 1.54) is 11.1 Å². The molecule has 1 aromatic carbocycles. The van der Waals surface area contributed by atoms with Crippen molar-refractivity contribution < 1.29 is 9.59 Å². The third-order valence-electron chi connectivity index (χ3n) is 5.38. The van der Waals surface area contributed by atoms with E-state index in [1.807, 2.05) is 54.2 Å². The van der Waals surface area contributed by atoms with Gasteiger partial charge in [0.15, 0.2) is 6.33 Å². The Labute approximate surface area is 177 Å². The van der Waals surface area contributed by atoms with Crippen LogP contribution < -0.4 is 5.32 Å². The minimum atomic E-state index is -0.325. The van der Waals surface area contributed by atoms with Crippen LogP contribution in [0.4, 0.5) is 0 Å². The van der Waals surface area contributed by atoms with Gasteiger partial charge >= 0.3 is 0 Å². The number of nitrogens with one attached hydrogen (secondary N) is 1. The van der Waals surface area contributed by atoms with E-state index >= 15 is 0 Å². The number of amides is 2. The van der Waals surface area contributed by atoms with Crippen LogP contribution in [0.5, 0.6) is 0 Å². The molecule has 1 aliphatic rings. The standard InChI is InChI=1S/C21H31N7O2/c1-21(2)10-16(11-22-18(29)13-28-24-15-23-25-28)12-27(14-21)20(30)19(26(3)4)17-8-6-5-7-9-17/h5-9,15-16,19H,10-14H2,1-4H3,(H,22,29). The number of carbonyl (C=O) groups is 2. The van der Waals surface area contributed by atoms with Gasteiger partial charge in [-0.05, 0) is 42.6 Å². The zero-order valence-electron chi connectivity index (χ0n) is 18.2. The summed E-state index contributed by atoms with van der Waals surface area (Å²) in [7, 11) is 3.86. The lowest BCUT2D eigenvalue weighted by Gasteiger charge is -2.44. The van der Waals surface area contributed by atoms with E-state index < -0.39 is 0 Å². The van der Waals surface area contributed by atoms with Gasteiger partial charge < -0.3 is 10.2 Å². The molecule has 2 heterocycles. The molecular weight excluding hydrogens is 382 g/mol. The maximum atomic E-state index is 13.5. The lowest BCUT2D eigenvalue weighted by Crippen LogP contribution is -2.52. The average Bonchev–Trinajstić information content (AvgIpc) is 3.19. The average molecular weight is 414 g/mol. The van der Waals surface area contributed by atoms with E-state index in [2.05, 4.69) is 34.6 Å². The Bertz CT molecular complexity index is 836. The van der Waals surface area contributed by atoms with Crippen LogP contribution >= 0.6 is 0 Å². The molecule has 0 aliphatic carbocycles. The van der Waals surface area contributed by atoms with Crippen LogP contribution in [0.25, 0.3) is 0 Å². The molecule has 30 heavy (non-hydrogen) atoms. The van der Waals surface area contributed by atoms with Crippen LogP contribution in [0, 0.1) is 11.3 Å². The highest BCUT2D eigenvalue weighted by Crippen LogP contribution is 2.34. The molecule has 9 nitrogen and oxygen atoms in total. The van der Waals surface area contributed by atoms with E-state index in [1.54, 1.807) is 0 Å². The van der Waals surface area contributed by atoms with Crippen molar-refractivity contribution in [2.75, 3.05) is 33.7 Å². The maximum absolute atomic E-state index is 13.5. The lowest BCUT2D eigenvalue weighted by molar-refractivity contribution is -0.141. The molecule has 3 rings (SSSR count).